The first-order valence-corrected chi connectivity index (χ1v) is 13.1. The zero-order valence-electron chi connectivity index (χ0n) is 18.7. The van der Waals surface area contributed by atoms with E-state index >= 15 is 0 Å². The summed E-state index contributed by atoms with van der Waals surface area (Å²) in [6.07, 6.45) is 2.35. The first kappa shape index (κ1) is 23.9. The highest BCUT2D eigenvalue weighted by Gasteiger charge is 2.26. The molecule has 0 spiro atoms. The number of piperidine rings is 1. The van der Waals surface area contributed by atoms with E-state index in [0.717, 1.165) is 19.0 Å². The number of likely N-dealkylation sites (tertiary alicyclic amines) is 1. The number of benzene rings is 1. The Bertz CT molecular complexity index is 956. The summed E-state index contributed by atoms with van der Waals surface area (Å²) in [4.78, 5) is 16.6. The van der Waals surface area contributed by atoms with Gasteiger partial charge in [-0.2, -0.15) is 0 Å². The Labute approximate surface area is 190 Å². The van der Waals surface area contributed by atoms with Crippen LogP contribution in [0.4, 0.5) is 0 Å². The molecule has 0 radical (unpaired) electrons. The molecule has 0 saturated carbocycles. The zero-order chi connectivity index (χ0) is 22.6. The van der Waals surface area contributed by atoms with Crippen molar-refractivity contribution in [2.75, 3.05) is 19.6 Å². The van der Waals surface area contributed by atoms with Crippen LogP contribution in [0.5, 0.6) is 0 Å². The van der Waals surface area contributed by atoms with Crippen molar-refractivity contribution < 1.29 is 13.2 Å². The van der Waals surface area contributed by atoms with Gasteiger partial charge >= 0.3 is 0 Å². The van der Waals surface area contributed by atoms with Crippen LogP contribution >= 0.6 is 11.3 Å². The van der Waals surface area contributed by atoms with Gasteiger partial charge in [-0.1, -0.05) is 13.0 Å². The molecule has 170 valence electrons. The van der Waals surface area contributed by atoms with Gasteiger partial charge in [-0.05, 0) is 88.3 Å². The lowest BCUT2D eigenvalue weighted by atomic mass is 9.97. The molecule has 1 fully saturated rings. The Balaban J connectivity index is 1.66. The molecule has 1 atom stereocenters. The molecule has 2 aromatic rings. The number of carbonyl (C=O) groups is 1. The fourth-order valence-corrected chi connectivity index (χ4v) is 6.05. The van der Waals surface area contributed by atoms with Crippen molar-refractivity contribution in [2.45, 2.75) is 57.0 Å². The standard InChI is InChI=1S/C23H33N3O3S2/c1-17-11-13-26(14-12-17)20(21-6-5-15-30-21)16-24-22(27)18-7-9-19(10-8-18)31(28,29)25-23(2,3)4/h5-10,15,17,20,25H,11-14,16H2,1-4H3,(H,24,27). The van der Waals surface area contributed by atoms with Crippen molar-refractivity contribution in [1.82, 2.24) is 14.9 Å². The molecular weight excluding hydrogens is 430 g/mol. The van der Waals surface area contributed by atoms with Gasteiger partial charge in [0.05, 0.1) is 10.9 Å². The van der Waals surface area contributed by atoms with Crippen LogP contribution in [0.25, 0.3) is 0 Å². The third-order valence-electron chi connectivity index (χ3n) is 5.45. The summed E-state index contributed by atoms with van der Waals surface area (Å²) in [5.74, 6) is 0.553. The molecule has 0 aliphatic carbocycles. The van der Waals surface area contributed by atoms with E-state index in [4.69, 9.17) is 0 Å². The molecule has 8 heteroatoms. The molecule has 1 amide bonds. The normalized spacial score (nSPS) is 17.4. The topological polar surface area (TPSA) is 78.5 Å². The number of hydrogen-bond donors (Lipinski definition) is 2. The fraction of sp³-hybridized carbons (Fsp3) is 0.522. The van der Waals surface area contributed by atoms with Gasteiger partial charge in [-0.15, -0.1) is 11.3 Å². The summed E-state index contributed by atoms with van der Waals surface area (Å²) in [5, 5.41) is 5.12. The van der Waals surface area contributed by atoms with Gasteiger partial charge < -0.3 is 5.32 Å². The number of nitrogens with zero attached hydrogens (tertiary/aromatic N) is 1. The zero-order valence-corrected chi connectivity index (χ0v) is 20.4. The Morgan fingerprint density at radius 3 is 2.35 bits per heavy atom. The maximum Gasteiger partial charge on any atom is 0.251 e. The molecule has 1 aliphatic heterocycles. The van der Waals surface area contributed by atoms with Crippen LogP contribution < -0.4 is 10.0 Å². The Hall–Kier alpha value is -1.74. The summed E-state index contributed by atoms with van der Waals surface area (Å²) in [7, 11) is -3.62. The van der Waals surface area contributed by atoms with Crippen LogP contribution in [0.2, 0.25) is 0 Å². The highest BCUT2D eigenvalue weighted by atomic mass is 32.2. The Morgan fingerprint density at radius 1 is 1.16 bits per heavy atom. The van der Waals surface area contributed by atoms with Crippen molar-refractivity contribution in [2.24, 2.45) is 5.92 Å². The van der Waals surface area contributed by atoms with E-state index < -0.39 is 15.6 Å². The van der Waals surface area contributed by atoms with Crippen LogP contribution in [0.15, 0.2) is 46.7 Å². The molecule has 1 unspecified atom stereocenters. The minimum absolute atomic E-state index is 0.151. The second kappa shape index (κ2) is 9.81. The predicted octanol–water partition coefficient (Wildman–Crippen LogP) is 4.03. The van der Waals surface area contributed by atoms with Crippen molar-refractivity contribution in [3.8, 4) is 0 Å². The van der Waals surface area contributed by atoms with Gasteiger partial charge in [0.1, 0.15) is 0 Å². The van der Waals surface area contributed by atoms with E-state index in [0.29, 0.717) is 12.1 Å². The summed E-state index contributed by atoms with van der Waals surface area (Å²) in [5.41, 5.74) is -0.121. The molecule has 2 N–H and O–H groups in total. The van der Waals surface area contributed by atoms with Crippen molar-refractivity contribution in [3.05, 3.63) is 52.2 Å². The lowest BCUT2D eigenvalue weighted by Crippen LogP contribution is -2.41. The van der Waals surface area contributed by atoms with Crippen LogP contribution in [-0.2, 0) is 10.0 Å². The number of amides is 1. The van der Waals surface area contributed by atoms with Crippen LogP contribution in [0.3, 0.4) is 0 Å². The lowest BCUT2D eigenvalue weighted by Gasteiger charge is -2.36. The second-order valence-corrected chi connectivity index (χ2v) is 12.0. The van der Waals surface area contributed by atoms with E-state index in [9.17, 15) is 13.2 Å². The molecule has 1 aromatic heterocycles. The molecule has 2 heterocycles. The number of nitrogens with one attached hydrogen (secondary N) is 2. The molecular formula is C23H33N3O3S2. The molecule has 1 saturated heterocycles. The van der Waals surface area contributed by atoms with Gasteiger partial charge in [0.15, 0.2) is 0 Å². The fourth-order valence-electron chi connectivity index (χ4n) is 3.77. The minimum atomic E-state index is -3.62. The van der Waals surface area contributed by atoms with E-state index in [1.165, 1.54) is 29.9 Å². The smallest absolute Gasteiger partial charge is 0.251 e. The monoisotopic (exact) mass is 463 g/mol. The number of thiophene rings is 1. The third-order valence-corrected chi connectivity index (χ3v) is 8.20. The SMILES string of the molecule is CC1CCN(C(CNC(=O)c2ccc(S(=O)(=O)NC(C)(C)C)cc2)c2cccs2)CC1. The predicted molar refractivity (Wildman–Crippen MR) is 126 cm³/mol. The molecule has 6 nitrogen and oxygen atoms in total. The van der Waals surface area contributed by atoms with E-state index in [2.05, 4.69) is 33.3 Å². The maximum atomic E-state index is 12.8. The van der Waals surface area contributed by atoms with E-state index in [1.807, 2.05) is 6.07 Å². The number of rotatable bonds is 7. The van der Waals surface area contributed by atoms with Gasteiger partial charge in [-0.25, -0.2) is 13.1 Å². The maximum absolute atomic E-state index is 12.8. The third kappa shape index (κ3) is 6.62. The summed E-state index contributed by atoms with van der Waals surface area (Å²) >= 11 is 1.72. The minimum Gasteiger partial charge on any atom is -0.350 e. The summed E-state index contributed by atoms with van der Waals surface area (Å²) < 4.78 is 27.5. The quantitative estimate of drug-likeness (QED) is 0.650. The second-order valence-electron chi connectivity index (χ2n) is 9.34. The number of hydrogen-bond acceptors (Lipinski definition) is 5. The Morgan fingerprint density at radius 2 is 1.81 bits per heavy atom. The molecule has 1 aromatic carbocycles. The van der Waals surface area contributed by atoms with Gasteiger partial charge in [0.25, 0.3) is 5.91 Å². The van der Waals surface area contributed by atoms with E-state index in [1.54, 1.807) is 44.2 Å². The van der Waals surface area contributed by atoms with Crippen molar-refractivity contribution in [3.63, 3.8) is 0 Å². The molecule has 1 aliphatic rings. The molecule has 0 bridgehead atoms. The van der Waals surface area contributed by atoms with Crippen LogP contribution in [-0.4, -0.2) is 44.4 Å². The lowest BCUT2D eigenvalue weighted by molar-refractivity contribution is 0.0915. The number of carbonyl (C=O) groups excluding carboxylic acids is 1. The van der Waals surface area contributed by atoms with Crippen LogP contribution in [0.1, 0.15) is 61.8 Å². The first-order valence-electron chi connectivity index (χ1n) is 10.7. The largest absolute Gasteiger partial charge is 0.350 e. The van der Waals surface area contributed by atoms with Gasteiger partial charge in [0, 0.05) is 22.5 Å². The van der Waals surface area contributed by atoms with Crippen LogP contribution in [0, 0.1) is 5.92 Å². The van der Waals surface area contributed by atoms with Crippen molar-refractivity contribution >= 4 is 27.3 Å². The highest BCUT2D eigenvalue weighted by molar-refractivity contribution is 7.89. The number of sulfonamides is 1. The average molecular weight is 464 g/mol. The van der Waals surface area contributed by atoms with Gasteiger partial charge in [-0.3, -0.25) is 9.69 Å². The summed E-state index contributed by atoms with van der Waals surface area (Å²) in [6.45, 7) is 10.3. The molecule has 31 heavy (non-hydrogen) atoms. The average Bonchev–Trinajstić information content (AvgIpc) is 3.22. The molecule has 3 rings (SSSR count). The Kier molecular flexibility index (Phi) is 7.57. The van der Waals surface area contributed by atoms with E-state index in [-0.39, 0.29) is 16.8 Å². The first-order chi connectivity index (χ1) is 14.5. The highest BCUT2D eigenvalue weighted by Crippen LogP contribution is 2.29. The van der Waals surface area contributed by atoms with Gasteiger partial charge in [0.2, 0.25) is 10.0 Å². The summed E-state index contributed by atoms with van der Waals surface area (Å²) in [6, 6.07) is 10.4. The van der Waals surface area contributed by atoms with Crippen molar-refractivity contribution in [1.29, 1.82) is 0 Å².